The SMILES string of the molecule is CCNC(=O)Nc1ncc(CCl)o1. The molecule has 1 rings (SSSR count). The summed E-state index contributed by atoms with van der Waals surface area (Å²) in [6, 6.07) is -0.188. The topological polar surface area (TPSA) is 67.2 Å². The number of carbonyl (C=O) groups excluding carboxylic acids is 1. The third-order valence-electron chi connectivity index (χ3n) is 1.24. The molecule has 1 heterocycles. The van der Waals surface area contributed by atoms with Crippen LogP contribution < -0.4 is 10.6 Å². The van der Waals surface area contributed by atoms with Crippen LogP contribution in [0.4, 0.5) is 10.8 Å². The molecule has 0 aliphatic heterocycles. The molecular weight excluding hydrogens is 194 g/mol. The lowest BCUT2D eigenvalue weighted by molar-refractivity contribution is 0.252. The summed E-state index contributed by atoms with van der Waals surface area (Å²) in [5.41, 5.74) is 0. The second-order valence-electron chi connectivity index (χ2n) is 2.25. The van der Waals surface area contributed by atoms with E-state index in [0.29, 0.717) is 12.3 Å². The van der Waals surface area contributed by atoms with Crippen LogP contribution in [0.25, 0.3) is 0 Å². The highest BCUT2D eigenvalue weighted by molar-refractivity contribution is 6.16. The Kier molecular flexibility index (Phi) is 3.57. The Morgan fingerprint density at radius 2 is 2.54 bits per heavy atom. The van der Waals surface area contributed by atoms with Gasteiger partial charge in [-0.1, -0.05) is 0 Å². The third kappa shape index (κ3) is 2.95. The van der Waals surface area contributed by atoms with E-state index >= 15 is 0 Å². The van der Waals surface area contributed by atoms with Gasteiger partial charge in [0.2, 0.25) is 0 Å². The minimum Gasteiger partial charge on any atom is -0.427 e. The lowest BCUT2D eigenvalue weighted by atomic mass is 10.6. The van der Waals surface area contributed by atoms with Crippen molar-refractivity contribution in [2.75, 3.05) is 11.9 Å². The fourth-order valence-electron chi connectivity index (χ4n) is 0.729. The first-order chi connectivity index (χ1) is 6.26. The Morgan fingerprint density at radius 3 is 3.08 bits per heavy atom. The average Bonchev–Trinajstić information content (AvgIpc) is 2.52. The van der Waals surface area contributed by atoms with Gasteiger partial charge in [-0.25, -0.2) is 9.78 Å². The number of alkyl halides is 1. The number of halogens is 1. The van der Waals surface area contributed by atoms with E-state index in [1.807, 2.05) is 6.92 Å². The molecule has 2 N–H and O–H groups in total. The van der Waals surface area contributed by atoms with Crippen molar-refractivity contribution in [1.29, 1.82) is 0 Å². The number of amides is 2. The number of hydrogen-bond donors (Lipinski definition) is 2. The number of nitrogens with one attached hydrogen (secondary N) is 2. The number of urea groups is 1. The number of aromatic nitrogens is 1. The molecule has 13 heavy (non-hydrogen) atoms. The largest absolute Gasteiger partial charge is 0.427 e. The van der Waals surface area contributed by atoms with Gasteiger partial charge in [-0.3, -0.25) is 5.32 Å². The standard InChI is InChI=1S/C7H10ClN3O2/c1-2-9-6(12)11-7-10-4-5(3-8)13-7/h4H,2-3H2,1H3,(H2,9,10,11,12). The summed E-state index contributed by atoms with van der Waals surface area (Å²) in [6.45, 7) is 2.37. The highest BCUT2D eigenvalue weighted by Crippen LogP contribution is 2.10. The molecular formula is C7H10ClN3O2. The van der Waals surface area contributed by atoms with Crippen LogP contribution in [0.15, 0.2) is 10.6 Å². The lowest BCUT2D eigenvalue weighted by Crippen LogP contribution is -2.28. The van der Waals surface area contributed by atoms with Gasteiger partial charge < -0.3 is 9.73 Å². The predicted octanol–water partition coefficient (Wildman–Crippen LogP) is 1.55. The molecule has 0 unspecified atom stereocenters. The summed E-state index contributed by atoms with van der Waals surface area (Å²) in [5, 5.41) is 4.95. The third-order valence-corrected chi connectivity index (χ3v) is 1.51. The molecule has 0 aliphatic rings. The molecule has 5 nitrogen and oxygen atoms in total. The number of carbonyl (C=O) groups is 1. The van der Waals surface area contributed by atoms with Crippen molar-refractivity contribution in [3.05, 3.63) is 12.0 Å². The number of anilines is 1. The molecule has 0 bridgehead atoms. The summed E-state index contributed by atoms with van der Waals surface area (Å²) >= 11 is 5.48. The quantitative estimate of drug-likeness (QED) is 0.733. The van der Waals surface area contributed by atoms with Crippen molar-refractivity contribution in [1.82, 2.24) is 10.3 Å². The van der Waals surface area contributed by atoms with Gasteiger partial charge in [0.15, 0.2) is 0 Å². The fraction of sp³-hybridized carbons (Fsp3) is 0.429. The predicted molar refractivity (Wildman–Crippen MR) is 48.8 cm³/mol. The van der Waals surface area contributed by atoms with Crippen LogP contribution in [0.3, 0.4) is 0 Å². The average molecular weight is 204 g/mol. The minimum absolute atomic E-state index is 0.154. The van der Waals surface area contributed by atoms with Crippen molar-refractivity contribution < 1.29 is 9.21 Å². The maximum Gasteiger partial charge on any atom is 0.322 e. The summed E-state index contributed by atoms with van der Waals surface area (Å²) < 4.78 is 5.03. The van der Waals surface area contributed by atoms with Gasteiger partial charge in [0.1, 0.15) is 5.76 Å². The molecule has 1 aromatic rings. The normalized spacial score (nSPS) is 9.69. The van der Waals surface area contributed by atoms with E-state index < -0.39 is 0 Å². The molecule has 0 saturated heterocycles. The molecule has 1 aromatic heterocycles. The van der Waals surface area contributed by atoms with Crippen LogP contribution in [0.1, 0.15) is 12.7 Å². The Balaban J connectivity index is 2.49. The molecule has 6 heteroatoms. The summed E-state index contributed by atoms with van der Waals surface area (Å²) in [6.07, 6.45) is 1.47. The Labute approximate surface area is 80.5 Å². The van der Waals surface area contributed by atoms with Crippen molar-refractivity contribution in [3.8, 4) is 0 Å². The number of oxazole rings is 1. The van der Waals surface area contributed by atoms with Crippen LogP contribution in [-0.4, -0.2) is 17.6 Å². The van der Waals surface area contributed by atoms with Crippen molar-refractivity contribution in [3.63, 3.8) is 0 Å². The summed E-state index contributed by atoms with van der Waals surface area (Å²) in [4.78, 5) is 14.7. The molecule has 0 saturated carbocycles. The molecule has 0 radical (unpaired) electrons. The van der Waals surface area contributed by atoms with Crippen molar-refractivity contribution in [2.45, 2.75) is 12.8 Å². The molecule has 72 valence electrons. The fourth-order valence-corrected chi connectivity index (χ4v) is 0.853. The second-order valence-corrected chi connectivity index (χ2v) is 2.52. The maximum absolute atomic E-state index is 11.0. The summed E-state index contributed by atoms with van der Waals surface area (Å²) in [5.74, 6) is 0.762. The van der Waals surface area contributed by atoms with Gasteiger partial charge in [-0.05, 0) is 6.92 Å². The number of rotatable bonds is 3. The van der Waals surface area contributed by atoms with E-state index in [2.05, 4.69) is 15.6 Å². The minimum atomic E-state index is -0.342. The maximum atomic E-state index is 11.0. The Bertz CT molecular complexity index is 287. The second kappa shape index (κ2) is 4.71. The van der Waals surface area contributed by atoms with Gasteiger partial charge >= 0.3 is 12.0 Å². The van der Waals surface area contributed by atoms with Crippen LogP contribution in [0, 0.1) is 0 Å². The van der Waals surface area contributed by atoms with Crippen molar-refractivity contribution >= 4 is 23.6 Å². The molecule has 2 amide bonds. The van der Waals surface area contributed by atoms with E-state index in [1.165, 1.54) is 6.20 Å². The first kappa shape index (κ1) is 9.85. The lowest BCUT2D eigenvalue weighted by Gasteiger charge is -1.99. The molecule has 0 aromatic carbocycles. The first-order valence-corrected chi connectivity index (χ1v) is 4.35. The van der Waals surface area contributed by atoms with Crippen LogP contribution in [-0.2, 0) is 5.88 Å². The smallest absolute Gasteiger partial charge is 0.322 e. The van der Waals surface area contributed by atoms with Gasteiger partial charge in [0.25, 0.3) is 0 Å². The molecule has 0 atom stereocenters. The van der Waals surface area contributed by atoms with Crippen LogP contribution in [0.2, 0.25) is 0 Å². The van der Waals surface area contributed by atoms with E-state index in [4.69, 9.17) is 16.0 Å². The van der Waals surface area contributed by atoms with E-state index in [0.717, 1.165) is 0 Å². The Morgan fingerprint density at radius 1 is 1.77 bits per heavy atom. The van der Waals surface area contributed by atoms with Crippen LogP contribution in [0.5, 0.6) is 0 Å². The van der Waals surface area contributed by atoms with E-state index in [1.54, 1.807) is 0 Å². The molecule has 0 aliphatic carbocycles. The van der Waals surface area contributed by atoms with E-state index in [-0.39, 0.29) is 17.9 Å². The summed E-state index contributed by atoms with van der Waals surface area (Å²) in [7, 11) is 0. The van der Waals surface area contributed by atoms with Crippen LogP contribution >= 0.6 is 11.6 Å². The first-order valence-electron chi connectivity index (χ1n) is 3.81. The van der Waals surface area contributed by atoms with E-state index in [9.17, 15) is 4.79 Å². The van der Waals surface area contributed by atoms with Gasteiger partial charge in [-0.15, -0.1) is 11.6 Å². The number of nitrogens with zero attached hydrogens (tertiary/aromatic N) is 1. The molecule has 0 spiro atoms. The zero-order chi connectivity index (χ0) is 9.68. The molecule has 0 fully saturated rings. The van der Waals surface area contributed by atoms with Gasteiger partial charge in [0.05, 0.1) is 12.1 Å². The zero-order valence-corrected chi connectivity index (χ0v) is 7.89. The Hall–Kier alpha value is -1.23. The monoisotopic (exact) mass is 203 g/mol. The zero-order valence-electron chi connectivity index (χ0n) is 7.13. The van der Waals surface area contributed by atoms with Gasteiger partial charge in [-0.2, -0.15) is 0 Å². The highest BCUT2D eigenvalue weighted by Gasteiger charge is 2.05. The highest BCUT2D eigenvalue weighted by atomic mass is 35.5. The number of hydrogen-bond acceptors (Lipinski definition) is 3. The van der Waals surface area contributed by atoms with Gasteiger partial charge in [0, 0.05) is 6.54 Å². The van der Waals surface area contributed by atoms with Crippen molar-refractivity contribution in [2.24, 2.45) is 0 Å².